The van der Waals surface area contributed by atoms with E-state index in [2.05, 4.69) is 22.1 Å². The Morgan fingerprint density at radius 3 is 2.53 bits per heavy atom. The number of nitrogens with zero attached hydrogens (tertiary/aromatic N) is 1. The third kappa shape index (κ3) is 9.34. The van der Waals surface area contributed by atoms with E-state index in [-0.39, 0.29) is 5.96 Å². The Bertz CT molecular complexity index is 205. The van der Waals surface area contributed by atoms with Crippen LogP contribution in [0.15, 0.2) is 4.99 Å². The van der Waals surface area contributed by atoms with Gasteiger partial charge in [-0.1, -0.05) is 32.6 Å². The Hall–Kier alpha value is -0.970. The van der Waals surface area contributed by atoms with Gasteiger partial charge in [0.15, 0.2) is 5.96 Å². The third-order valence-electron chi connectivity index (χ3n) is 1.87. The first-order chi connectivity index (χ1) is 7.20. The first-order valence-corrected chi connectivity index (χ1v) is 5.60. The third-order valence-corrected chi connectivity index (χ3v) is 2.05. The van der Waals surface area contributed by atoms with Crippen molar-refractivity contribution in [2.24, 2.45) is 10.7 Å². The smallest absolute Gasteiger partial charge is 0.212 e. The van der Waals surface area contributed by atoms with Crippen molar-refractivity contribution in [2.75, 3.05) is 6.54 Å². The van der Waals surface area contributed by atoms with Gasteiger partial charge in [-0.05, 0) is 6.42 Å². The van der Waals surface area contributed by atoms with Crippen molar-refractivity contribution in [1.29, 1.82) is 5.41 Å². The monoisotopic (exact) mass is 233 g/mol. The van der Waals surface area contributed by atoms with Crippen LogP contribution in [0.3, 0.4) is 0 Å². The van der Waals surface area contributed by atoms with Crippen LogP contribution < -0.4 is 15.9 Å². The van der Waals surface area contributed by atoms with E-state index in [4.69, 9.17) is 22.9 Å². The molecule has 0 saturated carbocycles. The number of nitrogens with two attached hydrogens (primary N) is 1. The lowest BCUT2D eigenvalue weighted by atomic mass is 10.2. The molecule has 6 heteroatoms. The zero-order valence-electron chi connectivity index (χ0n) is 9.15. The van der Waals surface area contributed by atoms with E-state index < -0.39 is 0 Å². The highest BCUT2D eigenvalue weighted by Gasteiger charge is 1.96. The maximum atomic E-state index is 6.99. The molecule has 0 aliphatic carbocycles. The molecule has 0 aromatic heterocycles. The molecule has 0 rings (SSSR count). The van der Waals surface area contributed by atoms with Crippen molar-refractivity contribution in [2.45, 2.75) is 39.0 Å². The van der Waals surface area contributed by atoms with Crippen molar-refractivity contribution in [3.05, 3.63) is 0 Å². The molecule has 0 aromatic rings. The maximum Gasteiger partial charge on any atom is 0.212 e. The molecule has 0 aliphatic rings. The van der Waals surface area contributed by atoms with E-state index in [1.54, 1.807) is 0 Å². The minimum Gasteiger partial charge on any atom is -0.370 e. The summed E-state index contributed by atoms with van der Waals surface area (Å²) in [6.07, 6.45) is 5.96. The molecule has 88 valence electrons. The summed E-state index contributed by atoms with van der Waals surface area (Å²) in [6, 6.07) is 0. The standard InChI is InChI=1S/C9H20ClN5/c1-2-3-4-5-6-7-13-9(15-10)14-8(11)12/h2-7H2,1H3,(H5,11,12,13,14,15). The number of unbranched alkanes of at least 4 members (excludes halogenated alkanes) is 4. The number of hydrogen-bond acceptors (Lipinski definition) is 2. The zero-order chi connectivity index (χ0) is 11.5. The number of rotatable bonds is 6. The van der Waals surface area contributed by atoms with Gasteiger partial charge in [0.1, 0.15) is 0 Å². The Labute approximate surface area is 96.1 Å². The second-order valence-corrected chi connectivity index (χ2v) is 3.47. The minimum absolute atomic E-state index is 0.173. The molecule has 5 nitrogen and oxygen atoms in total. The molecule has 0 aliphatic heterocycles. The van der Waals surface area contributed by atoms with Crippen molar-refractivity contribution in [3.8, 4) is 0 Å². The minimum atomic E-state index is -0.173. The van der Waals surface area contributed by atoms with Crippen LogP contribution in [0.4, 0.5) is 0 Å². The molecule has 0 aromatic carbocycles. The quantitative estimate of drug-likeness (QED) is 0.243. The first-order valence-electron chi connectivity index (χ1n) is 5.22. The molecule has 0 bridgehead atoms. The van der Waals surface area contributed by atoms with Gasteiger partial charge in [-0.3, -0.25) is 20.6 Å². The van der Waals surface area contributed by atoms with Gasteiger partial charge >= 0.3 is 0 Å². The lowest BCUT2D eigenvalue weighted by Crippen LogP contribution is -2.41. The average Bonchev–Trinajstić information content (AvgIpc) is 2.20. The number of nitrogens with one attached hydrogen (secondary N) is 3. The summed E-state index contributed by atoms with van der Waals surface area (Å²) in [5.41, 5.74) is 5.13. The van der Waals surface area contributed by atoms with Crippen LogP contribution in [0.5, 0.6) is 0 Å². The number of hydrogen-bond donors (Lipinski definition) is 4. The van der Waals surface area contributed by atoms with Crippen LogP contribution in [0.1, 0.15) is 39.0 Å². The van der Waals surface area contributed by atoms with E-state index in [0.717, 1.165) is 6.42 Å². The van der Waals surface area contributed by atoms with Crippen molar-refractivity contribution >= 4 is 23.7 Å². The Morgan fingerprint density at radius 1 is 1.33 bits per heavy atom. The molecule has 15 heavy (non-hydrogen) atoms. The van der Waals surface area contributed by atoms with Crippen LogP contribution in [0.2, 0.25) is 0 Å². The highest BCUT2D eigenvalue weighted by Crippen LogP contribution is 2.01. The molecule has 0 amide bonds. The highest BCUT2D eigenvalue weighted by molar-refractivity contribution is 6.23. The fourth-order valence-electron chi connectivity index (χ4n) is 1.13. The molecular weight excluding hydrogens is 214 g/mol. The topological polar surface area (TPSA) is 86.3 Å². The molecule has 5 N–H and O–H groups in total. The van der Waals surface area contributed by atoms with Crippen LogP contribution in [-0.4, -0.2) is 18.5 Å². The Balaban J connectivity index is 3.57. The molecule has 0 unspecified atom stereocenters. The summed E-state index contributed by atoms with van der Waals surface area (Å²) in [5.74, 6) is 0.160. The highest BCUT2D eigenvalue weighted by atomic mass is 35.5. The van der Waals surface area contributed by atoms with Crippen LogP contribution >= 0.6 is 11.8 Å². The average molecular weight is 234 g/mol. The van der Waals surface area contributed by atoms with E-state index in [9.17, 15) is 0 Å². The van der Waals surface area contributed by atoms with Gasteiger partial charge in [0.25, 0.3) is 0 Å². The number of halogens is 1. The van der Waals surface area contributed by atoms with Gasteiger partial charge in [0.2, 0.25) is 5.96 Å². The fourth-order valence-corrected chi connectivity index (χ4v) is 1.23. The van der Waals surface area contributed by atoms with E-state index in [0.29, 0.717) is 12.5 Å². The number of guanidine groups is 2. The normalized spacial score (nSPS) is 11.2. The van der Waals surface area contributed by atoms with Gasteiger partial charge in [-0.2, -0.15) is 0 Å². The predicted octanol–water partition coefficient (Wildman–Crippen LogP) is 1.54. The number of aliphatic imine (C=N–C) groups is 1. The molecule has 0 spiro atoms. The van der Waals surface area contributed by atoms with Gasteiger partial charge < -0.3 is 5.73 Å². The second kappa shape index (κ2) is 9.58. The summed E-state index contributed by atoms with van der Waals surface area (Å²) in [7, 11) is 0. The summed E-state index contributed by atoms with van der Waals surface area (Å²) in [6.45, 7) is 2.88. The van der Waals surface area contributed by atoms with Crippen LogP contribution in [0, 0.1) is 5.41 Å². The fraction of sp³-hybridized carbons (Fsp3) is 0.778. The lowest BCUT2D eigenvalue weighted by molar-refractivity contribution is 0.638. The predicted molar refractivity (Wildman–Crippen MR) is 65.1 cm³/mol. The Morgan fingerprint density at radius 2 is 2.00 bits per heavy atom. The largest absolute Gasteiger partial charge is 0.370 e. The summed E-state index contributed by atoms with van der Waals surface area (Å²) < 4.78 is 0. The Kier molecular flexibility index (Phi) is 8.96. The van der Waals surface area contributed by atoms with E-state index >= 15 is 0 Å². The van der Waals surface area contributed by atoms with Crippen molar-refractivity contribution < 1.29 is 0 Å². The molecule has 0 atom stereocenters. The molecule has 0 saturated heterocycles. The zero-order valence-corrected chi connectivity index (χ0v) is 9.90. The van der Waals surface area contributed by atoms with Crippen LogP contribution in [0.25, 0.3) is 0 Å². The van der Waals surface area contributed by atoms with Crippen LogP contribution in [-0.2, 0) is 0 Å². The molecule has 0 fully saturated rings. The maximum absolute atomic E-state index is 6.99. The summed E-state index contributed by atoms with van der Waals surface area (Å²) >= 11 is 5.38. The first kappa shape index (κ1) is 14.0. The molecule has 0 heterocycles. The summed E-state index contributed by atoms with van der Waals surface area (Å²) in [5, 5.41) is 9.49. The SMILES string of the molecule is CCCCCCCN=C(NCl)NC(=N)N. The van der Waals surface area contributed by atoms with Gasteiger partial charge in [0.05, 0.1) is 0 Å². The second-order valence-electron chi connectivity index (χ2n) is 3.28. The van der Waals surface area contributed by atoms with Gasteiger partial charge in [-0.15, -0.1) is 0 Å². The van der Waals surface area contributed by atoms with Crippen molar-refractivity contribution in [3.63, 3.8) is 0 Å². The van der Waals surface area contributed by atoms with Gasteiger partial charge in [-0.25, -0.2) is 0 Å². The van der Waals surface area contributed by atoms with E-state index in [1.165, 1.54) is 25.7 Å². The van der Waals surface area contributed by atoms with Gasteiger partial charge in [0, 0.05) is 18.3 Å². The molecule has 0 radical (unpaired) electrons. The molecular formula is C9H20ClN5. The van der Waals surface area contributed by atoms with Crippen molar-refractivity contribution in [1.82, 2.24) is 10.2 Å². The summed E-state index contributed by atoms with van der Waals surface area (Å²) in [4.78, 5) is 6.45. The lowest BCUT2D eigenvalue weighted by Gasteiger charge is -2.05. The van der Waals surface area contributed by atoms with E-state index in [1.807, 2.05) is 0 Å².